The van der Waals surface area contributed by atoms with Crippen molar-refractivity contribution in [1.29, 1.82) is 0 Å². The third-order valence-electron chi connectivity index (χ3n) is 3.64. The van der Waals surface area contributed by atoms with Gasteiger partial charge in [-0.3, -0.25) is 14.6 Å². The minimum atomic E-state index is -0.571. The molecule has 1 aliphatic rings. The van der Waals surface area contributed by atoms with Crippen LogP contribution in [0.25, 0.3) is 22.0 Å². The number of amides is 1. The summed E-state index contributed by atoms with van der Waals surface area (Å²) < 4.78 is 0. The van der Waals surface area contributed by atoms with Crippen LogP contribution in [-0.4, -0.2) is 16.7 Å². The highest BCUT2D eigenvalue weighted by atomic mass is 16.2. The third kappa shape index (κ3) is 1.80. The molecule has 0 atom stereocenters. The highest BCUT2D eigenvalue weighted by Gasteiger charge is 2.27. The van der Waals surface area contributed by atoms with E-state index < -0.39 is 11.7 Å². The van der Waals surface area contributed by atoms with Gasteiger partial charge in [0, 0.05) is 17.1 Å². The molecule has 0 radical (unpaired) electrons. The Morgan fingerprint density at radius 2 is 1.76 bits per heavy atom. The number of carbonyl (C=O) groups is 2. The molecule has 0 unspecified atom stereocenters. The Bertz CT molecular complexity index is 916. The van der Waals surface area contributed by atoms with Gasteiger partial charge < -0.3 is 5.32 Å². The molecule has 1 N–H and O–H groups in total. The number of carbonyl (C=O) groups excluding carboxylic acids is 2. The summed E-state index contributed by atoms with van der Waals surface area (Å²) in [6, 6.07) is 15.2. The van der Waals surface area contributed by atoms with E-state index in [-0.39, 0.29) is 0 Å². The van der Waals surface area contributed by atoms with Crippen molar-refractivity contribution >= 4 is 28.3 Å². The zero-order valence-corrected chi connectivity index (χ0v) is 11.0. The fourth-order valence-corrected chi connectivity index (χ4v) is 2.55. The van der Waals surface area contributed by atoms with Crippen LogP contribution >= 0.6 is 0 Å². The largest absolute Gasteiger partial charge is 0.318 e. The summed E-state index contributed by atoms with van der Waals surface area (Å²) >= 11 is 0. The van der Waals surface area contributed by atoms with E-state index in [1.165, 1.54) is 0 Å². The number of Topliss-reactive ketones (excluding diaryl/α,β-unsaturated/α-hetero) is 1. The van der Waals surface area contributed by atoms with Gasteiger partial charge in [0.1, 0.15) is 0 Å². The average molecular weight is 274 g/mol. The Kier molecular flexibility index (Phi) is 2.38. The molecule has 0 aliphatic carbocycles. The number of rotatable bonds is 1. The van der Waals surface area contributed by atoms with Crippen molar-refractivity contribution in [3.05, 3.63) is 60.3 Å². The molecular weight excluding hydrogens is 264 g/mol. The van der Waals surface area contributed by atoms with Crippen LogP contribution in [0.4, 0.5) is 5.69 Å². The fraction of sp³-hybridized carbons (Fsp3) is 0. The number of anilines is 1. The number of fused-ring (bicyclic) bond motifs is 2. The Balaban J connectivity index is 1.86. The first-order valence-electron chi connectivity index (χ1n) is 6.57. The van der Waals surface area contributed by atoms with Gasteiger partial charge in [0.15, 0.2) is 0 Å². The van der Waals surface area contributed by atoms with Gasteiger partial charge in [-0.1, -0.05) is 24.3 Å². The van der Waals surface area contributed by atoms with E-state index in [1.807, 2.05) is 36.4 Å². The summed E-state index contributed by atoms with van der Waals surface area (Å²) in [7, 11) is 0. The predicted octanol–water partition coefficient (Wildman–Crippen LogP) is 3.04. The molecule has 1 aliphatic heterocycles. The second kappa shape index (κ2) is 4.24. The maximum atomic E-state index is 11.8. The molecule has 4 nitrogen and oxygen atoms in total. The van der Waals surface area contributed by atoms with E-state index in [9.17, 15) is 9.59 Å². The first kappa shape index (κ1) is 11.8. The van der Waals surface area contributed by atoms with Gasteiger partial charge in [-0.15, -0.1) is 0 Å². The van der Waals surface area contributed by atoms with Crippen LogP contribution in [0.1, 0.15) is 10.4 Å². The van der Waals surface area contributed by atoms with Gasteiger partial charge in [0.25, 0.3) is 11.7 Å². The maximum absolute atomic E-state index is 11.8. The quantitative estimate of drug-likeness (QED) is 0.694. The SMILES string of the molecule is O=C1Nc2ccc(-c3cnc4ccccc4c3)cc2C1=O. The summed E-state index contributed by atoms with van der Waals surface area (Å²) in [6.45, 7) is 0. The molecule has 1 aromatic heterocycles. The van der Waals surface area contributed by atoms with Gasteiger partial charge in [-0.25, -0.2) is 0 Å². The highest BCUT2D eigenvalue weighted by Crippen LogP contribution is 2.29. The lowest BCUT2D eigenvalue weighted by Gasteiger charge is -2.05. The van der Waals surface area contributed by atoms with Crippen LogP contribution < -0.4 is 5.32 Å². The normalized spacial score (nSPS) is 13.3. The van der Waals surface area contributed by atoms with Crippen molar-refractivity contribution in [3.8, 4) is 11.1 Å². The van der Waals surface area contributed by atoms with E-state index in [0.717, 1.165) is 22.0 Å². The number of para-hydroxylation sites is 1. The lowest BCUT2D eigenvalue weighted by Crippen LogP contribution is -2.12. The molecule has 0 fully saturated rings. The molecule has 0 saturated heterocycles. The van der Waals surface area contributed by atoms with Gasteiger partial charge in [-0.2, -0.15) is 0 Å². The molecule has 4 heteroatoms. The van der Waals surface area contributed by atoms with Crippen molar-refractivity contribution in [3.63, 3.8) is 0 Å². The number of benzene rings is 2. The topological polar surface area (TPSA) is 59.1 Å². The molecule has 4 rings (SSSR count). The smallest absolute Gasteiger partial charge is 0.296 e. The first-order chi connectivity index (χ1) is 10.2. The summed E-state index contributed by atoms with van der Waals surface area (Å²) in [4.78, 5) is 27.6. The average Bonchev–Trinajstić information content (AvgIpc) is 2.81. The van der Waals surface area contributed by atoms with Gasteiger partial charge >= 0.3 is 0 Å². The van der Waals surface area contributed by atoms with E-state index in [2.05, 4.69) is 10.3 Å². The zero-order chi connectivity index (χ0) is 14.4. The van der Waals surface area contributed by atoms with Crippen LogP contribution in [0.3, 0.4) is 0 Å². The lowest BCUT2D eigenvalue weighted by atomic mass is 10.0. The summed E-state index contributed by atoms with van der Waals surface area (Å²) in [6.07, 6.45) is 1.78. The summed E-state index contributed by atoms with van der Waals surface area (Å²) in [5.74, 6) is -1.06. The van der Waals surface area contributed by atoms with Gasteiger partial charge in [0.2, 0.25) is 0 Å². The van der Waals surface area contributed by atoms with E-state index in [4.69, 9.17) is 0 Å². The molecule has 2 heterocycles. The number of hydrogen-bond acceptors (Lipinski definition) is 3. The minimum Gasteiger partial charge on any atom is -0.318 e. The summed E-state index contributed by atoms with van der Waals surface area (Å²) in [5, 5.41) is 3.59. The highest BCUT2D eigenvalue weighted by molar-refractivity contribution is 6.51. The molecule has 0 saturated carbocycles. The molecule has 0 spiro atoms. The van der Waals surface area contributed by atoms with Crippen LogP contribution in [0.15, 0.2) is 54.7 Å². The van der Waals surface area contributed by atoms with Crippen LogP contribution in [0, 0.1) is 0 Å². The molecule has 0 bridgehead atoms. The number of aromatic nitrogens is 1. The standard InChI is InChI=1S/C17H10N2O2/c20-16-13-8-10(5-6-15(13)19-17(16)21)12-7-11-3-1-2-4-14(11)18-9-12/h1-9H,(H,19,20,21). The molecule has 100 valence electrons. The lowest BCUT2D eigenvalue weighted by molar-refractivity contribution is -0.112. The Labute approximate surface area is 120 Å². The van der Waals surface area contributed by atoms with E-state index in [0.29, 0.717) is 11.3 Å². The Hall–Kier alpha value is -3.01. The molecule has 3 aromatic rings. The van der Waals surface area contributed by atoms with Gasteiger partial charge in [0.05, 0.1) is 16.8 Å². The first-order valence-corrected chi connectivity index (χ1v) is 6.57. The molecule has 1 amide bonds. The zero-order valence-electron chi connectivity index (χ0n) is 11.0. The predicted molar refractivity (Wildman–Crippen MR) is 80.1 cm³/mol. The number of ketones is 1. The van der Waals surface area contributed by atoms with Crippen LogP contribution in [0.5, 0.6) is 0 Å². The number of pyridine rings is 1. The summed E-state index contributed by atoms with van der Waals surface area (Å²) in [5.41, 5.74) is 3.71. The fourth-order valence-electron chi connectivity index (χ4n) is 2.55. The molecular formula is C17H10N2O2. The van der Waals surface area contributed by atoms with Crippen molar-refractivity contribution in [2.75, 3.05) is 5.32 Å². The van der Waals surface area contributed by atoms with E-state index in [1.54, 1.807) is 18.3 Å². The Morgan fingerprint density at radius 1 is 0.905 bits per heavy atom. The van der Waals surface area contributed by atoms with Crippen LogP contribution in [-0.2, 0) is 4.79 Å². The van der Waals surface area contributed by atoms with Gasteiger partial charge in [-0.05, 0) is 29.8 Å². The van der Waals surface area contributed by atoms with Crippen molar-refractivity contribution < 1.29 is 9.59 Å². The third-order valence-corrected chi connectivity index (χ3v) is 3.64. The monoisotopic (exact) mass is 274 g/mol. The maximum Gasteiger partial charge on any atom is 0.296 e. The van der Waals surface area contributed by atoms with Crippen molar-refractivity contribution in [2.24, 2.45) is 0 Å². The van der Waals surface area contributed by atoms with E-state index >= 15 is 0 Å². The Morgan fingerprint density at radius 3 is 2.67 bits per heavy atom. The van der Waals surface area contributed by atoms with Crippen molar-refractivity contribution in [1.82, 2.24) is 4.98 Å². The number of nitrogens with one attached hydrogen (secondary N) is 1. The number of nitrogens with zero attached hydrogens (tertiary/aromatic N) is 1. The minimum absolute atomic E-state index is 0.422. The number of hydrogen-bond donors (Lipinski definition) is 1. The second-order valence-corrected chi connectivity index (χ2v) is 4.96. The second-order valence-electron chi connectivity index (χ2n) is 4.96. The van der Waals surface area contributed by atoms with Crippen molar-refractivity contribution in [2.45, 2.75) is 0 Å². The molecule has 2 aromatic carbocycles. The van der Waals surface area contributed by atoms with Crippen LogP contribution in [0.2, 0.25) is 0 Å². The molecule has 21 heavy (non-hydrogen) atoms.